The third-order valence-corrected chi connectivity index (χ3v) is 24.2. The lowest BCUT2D eigenvalue weighted by Gasteiger charge is -2.34. The number of epoxide rings is 4. The van der Waals surface area contributed by atoms with Crippen LogP contribution in [0.1, 0.15) is 98.4 Å². The molecule has 15 aromatic carbocycles. The number of hydrogen-bond donors (Lipinski definition) is 0. The van der Waals surface area contributed by atoms with Gasteiger partial charge >= 0.3 is 11.9 Å². The smallest absolute Gasteiger partial charge is 0.337 e. The van der Waals surface area contributed by atoms with E-state index in [-0.39, 0.29) is 160 Å². The average Bonchev–Trinajstić information content (AvgIpc) is 0.847. The molecule has 0 N–H and O–H groups in total. The summed E-state index contributed by atoms with van der Waals surface area (Å²) in [6.07, 6.45) is 5.98. The molecule has 4 amide bonds. The van der Waals surface area contributed by atoms with E-state index in [1.807, 2.05) is 109 Å². The SMILES string of the molecule is O=C(OCc1ccccc1)C(c1ccco1)N1C(=O)c2cc(Oc3ccc(Oc4cccc(CC5CO5)c4)cc3)c3c4c(Oc5ccc(Oc6cccc(CC7CO7)c6)cc5)cc5c6c(cc(Oc7ccc(Oc8cccc(CC9CO9)c8)cc7)c(c7c(Oc8ccc(Oc9cccc(CC%10CO%10)c9)cc8)cc(c2c37)C1=O)c64)C(=O)N(C(C(=O)OCc1ccccc1)c1ccco1)C5=O. The first-order valence-corrected chi connectivity index (χ1v) is 44.0. The average molecular weight is 1780 g/mol. The van der Waals surface area contributed by atoms with Gasteiger partial charge in [-0.3, -0.25) is 29.0 Å². The molecule has 24 nitrogen and oxygen atoms in total. The fraction of sp³-hybridized carbons (Fsp3) is 0.145. The maximum Gasteiger partial charge on any atom is 0.337 e. The summed E-state index contributed by atoms with van der Waals surface area (Å²) in [5.74, 6) is -1.71. The molecule has 6 aliphatic rings. The zero-order chi connectivity index (χ0) is 90.0. The first-order valence-electron chi connectivity index (χ1n) is 44.0. The van der Waals surface area contributed by atoms with E-state index in [0.717, 1.165) is 32.1 Å². The lowest BCUT2D eigenvalue weighted by atomic mass is 9.80. The molecule has 8 heterocycles. The van der Waals surface area contributed by atoms with E-state index < -0.39 is 47.7 Å². The summed E-state index contributed by atoms with van der Waals surface area (Å²) >= 11 is 0. The molecule has 660 valence electrons. The van der Waals surface area contributed by atoms with Crippen LogP contribution in [0.4, 0.5) is 0 Å². The number of ether oxygens (including phenoxy) is 14. The van der Waals surface area contributed by atoms with Gasteiger partial charge in [0.1, 0.15) is 117 Å². The Bertz CT molecular complexity index is 6640. The summed E-state index contributed by atoms with van der Waals surface area (Å²) < 4.78 is 103. The predicted octanol–water partition coefficient (Wildman–Crippen LogP) is 23.2. The largest absolute Gasteiger partial charge is 0.466 e. The highest BCUT2D eigenvalue weighted by Crippen LogP contribution is 2.59. The van der Waals surface area contributed by atoms with Crippen LogP contribution in [0.3, 0.4) is 0 Å². The molecule has 0 spiro atoms. The fourth-order valence-corrected chi connectivity index (χ4v) is 17.6. The summed E-state index contributed by atoms with van der Waals surface area (Å²) in [4.78, 5) is 100. The Labute approximate surface area is 764 Å². The number of fused-ring (bicyclic) bond motifs is 2. The number of carbonyl (C=O) groups is 6. The molecule has 0 bridgehead atoms. The Kier molecular flexibility index (Phi) is 21.3. The van der Waals surface area contributed by atoms with Crippen molar-refractivity contribution in [2.24, 2.45) is 0 Å². The standard InChI is InChI=1S/C110H78N2O22/c113-105-85-53-91(131-73-35-27-69(28-36-73)127-77-21-7-17-65(45-77)49-81-59-121-81)97-99-93(133-75-39-31-71(32-40-75)129-79-23-9-19-67(47-79)51-83-61-123-83)55-87-96-88(108(116)112(107(87)115)104(90-26-12-44-120-90)110(118)126-58-64-15-5-2-6-16-64)56-94(134-76-41-33-72(34-42-76)130-80-24-10-20-68(48-80)52-84-62-124-84)100(102(96)99)98-92(132-74-37-29-70(30-38-74)128-78-22-8-18-66(46-78)50-82-60-122-82)54-86(95(85)101(97)98)106(114)111(105)103(89-25-11-43-119-89)109(117)125-57-63-13-3-1-4-14-63/h1-48,53-56,81-84,103-104H,49-52,57-62H2. The third-order valence-electron chi connectivity index (χ3n) is 24.2. The normalized spacial score (nSPS) is 16.6. The summed E-state index contributed by atoms with van der Waals surface area (Å²) in [5.41, 5.74) is 4.70. The van der Waals surface area contributed by atoms with Crippen molar-refractivity contribution in [1.82, 2.24) is 9.80 Å². The minimum Gasteiger partial charge on any atom is -0.466 e. The minimum atomic E-state index is -1.86. The van der Waals surface area contributed by atoms with Gasteiger partial charge in [-0.15, -0.1) is 0 Å². The fourth-order valence-electron chi connectivity index (χ4n) is 17.6. The molecular weight excluding hydrogens is 1700 g/mol. The van der Waals surface area contributed by atoms with Crippen molar-refractivity contribution in [3.63, 3.8) is 0 Å². The number of imide groups is 2. The Hall–Kier alpha value is -16.4. The van der Waals surface area contributed by atoms with Crippen LogP contribution in [0.15, 0.2) is 325 Å². The topological polar surface area (TPSA) is 278 Å². The highest BCUT2D eigenvalue weighted by atomic mass is 16.6. The highest BCUT2D eigenvalue weighted by Gasteiger charge is 2.49. The molecule has 0 saturated carbocycles. The number of carbonyl (C=O) groups excluding carboxylic acids is 6. The lowest BCUT2D eigenvalue weighted by Crippen LogP contribution is -2.46. The summed E-state index contributed by atoms with van der Waals surface area (Å²) in [7, 11) is 0. The molecule has 134 heavy (non-hydrogen) atoms. The van der Waals surface area contributed by atoms with Crippen molar-refractivity contribution in [2.45, 2.75) is 75.4 Å². The number of benzene rings is 15. The van der Waals surface area contributed by atoms with Gasteiger partial charge in [0.25, 0.3) is 23.6 Å². The van der Waals surface area contributed by atoms with Gasteiger partial charge in [-0.2, -0.15) is 0 Å². The van der Waals surface area contributed by atoms with Gasteiger partial charge in [-0.05, 0) is 228 Å². The maximum absolute atomic E-state index is 16.9. The number of rotatable bonds is 34. The van der Waals surface area contributed by atoms with E-state index in [1.165, 1.54) is 61.1 Å². The second kappa shape index (κ2) is 34.8. The van der Waals surface area contributed by atoms with E-state index in [0.29, 0.717) is 109 Å². The first kappa shape index (κ1) is 82.1. The predicted molar refractivity (Wildman–Crippen MR) is 490 cm³/mol. The molecule has 6 aliphatic heterocycles. The lowest BCUT2D eigenvalue weighted by molar-refractivity contribution is -0.151. The number of amides is 4. The first-order chi connectivity index (χ1) is 65.8. The minimum absolute atomic E-state index is 0.0327. The van der Waals surface area contributed by atoms with E-state index in [2.05, 4.69) is 0 Å². The van der Waals surface area contributed by atoms with Crippen molar-refractivity contribution in [3.05, 3.63) is 383 Å². The van der Waals surface area contributed by atoms with Gasteiger partial charge in [0.2, 0.25) is 0 Å². The van der Waals surface area contributed by atoms with Crippen molar-refractivity contribution in [1.29, 1.82) is 0 Å². The maximum atomic E-state index is 16.9. The van der Waals surface area contributed by atoms with Gasteiger partial charge < -0.3 is 75.2 Å². The van der Waals surface area contributed by atoms with Crippen LogP contribution in [0.25, 0.3) is 43.1 Å². The number of nitrogens with zero attached hydrogens (tertiary/aromatic N) is 2. The Morgan fingerprint density at radius 1 is 0.261 bits per heavy atom. The zero-order valence-corrected chi connectivity index (χ0v) is 71.4. The number of furan rings is 2. The van der Waals surface area contributed by atoms with E-state index in [9.17, 15) is 0 Å². The molecular formula is C110H78N2O22. The molecule has 17 aromatic rings. The van der Waals surface area contributed by atoms with Gasteiger partial charge in [-0.25, -0.2) is 9.59 Å². The molecule has 2 aromatic heterocycles. The van der Waals surface area contributed by atoms with Gasteiger partial charge in [0.05, 0.1) is 85.6 Å². The quantitative estimate of drug-likeness (QED) is 0.0119. The molecule has 24 heteroatoms. The van der Waals surface area contributed by atoms with E-state index >= 15 is 28.8 Å². The van der Waals surface area contributed by atoms with Crippen LogP contribution in [-0.4, -0.2) is 96.2 Å². The second-order valence-corrected chi connectivity index (χ2v) is 33.6. The van der Waals surface area contributed by atoms with Crippen LogP contribution in [-0.2, 0) is 76.9 Å². The van der Waals surface area contributed by atoms with Gasteiger partial charge in [-0.1, -0.05) is 109 Å². The van der Waals surface area contributed by atoms with Crippen molar-refractivity contribution in [3.8, 4) is 92.0 Å². The molecule has 4 fully saturated rings. The van der Waals surface area contributed by atoms with E-state index in [4.69, 9.17) is 75.2 Å². The van der Waals surface area contributed by atoms with Crippen LogP contribution in [0.2, 0.25) is 0 Å². The molecule has 0 aliphatic carbocycles. The van der Waals surface area contributed by atoms with E-state index in [1.54, 1.807) is 146 Å². The number of hydrogen-bond acceptors (Lipinski definition) is 22. The van der Waals surface area contributed by atoms with Crippen LogP contribution < -0.4 is 37.9 Å². The molecule has 0 radical (unpaired) electrons. The second-order valence-electron chi connectivity index (χ2n) is 33.6. The summed E-state index contributed by atoms with van der Waals surface area (Å²) in [6.45, 7) is 2.20. The third kappa shape index (κ3) is 16.9. The Morgan fingerprint density at radius 2 is 0.507 bits per heavy atom. The Morgan fingerprint density at radius 3 is 0.746 bits per heavy atom. The van der Waals surface area contributed by atoms with Crippen LogP contribution >= 0.6 is 0 Å². The van der Waals surface area contributed by atoms with Crippen LogP contribution in [0, 0.1) is 0 Å². The van der Waals surface area contributed by atoms with Gasteiger partial charge in [0.15, 0.2) is 12.1 Å². The van der Waals surface area contributed by atoms with Gasteiger partial charge in [0, 0.05) is 68.8 Å². The summed E-state index contributed by atoms with van der Waals surface area (Å²) in [6, 6.07) is 84.4. The van der Waals surface area contributed by atoms with Crippen molar-refractivity contribution in [2.75, 3.05) is 26.4 Å². The Balaban J connectivity index is 0.776. The highest BCUT2D eigenvalue weighted by molar-refractivity contribution is 6.45. The number of esters is 2. The van der Waals surface area contributed by atoms with Crippen molar-refractivity contribution < 1.29 is 104 Å². The molecule has 6 atom stereocenters. The van der Waals surface area contributed by atoms with Crippen LogP contribution in [0.5, 0.6) is 92.0 Å². The zero-order valence-electron chi connectivity index (χ0n) is 71.4. The summed E-state index contributed by atoms with van der Waals surface area (Å²) in [5, 5.41) is 0.829. The molecule has 23 rings (SSSR count). The van der Waals surface area contributed by atoms with Crippen molar-refractivity contribution >= 4 is 78.7 Å². The monoisotopic (exact) mass is 1780 g/mol. The molecule has 6 unspecified atom stereocenters. The molecule has 4 saturated heterocycles.